The first-order valence-electron chi connectivity index (χ1n) is 9.17. The molecule has 0 spiro atoms. The van der Waals surface area contributed by atoms with Crippen molar-refractivity contribution >= 4 is 28.8 Å². The highest BCUT2D eigenvalue weighted by molar-refractivity contribution is 5.88. The number of benzene rings is 1. The van der Waals surface area contributed by atoms with Gasteiger partial charge in [0.25, 0.3) is 5.91 Å². The fourth-order valence-electron chi connectivity index (χ4n) is 2.68. The molecule has 2 aromatic rings. The minimum Gasteiger partial charge on any atom is -0.484 e. The van der Waals surface area contributed by atoms with Gasteiger partial charge in [-0.05, 0) is 30.5 Å². The van der Waals surface area contributed by atoms with Crippen molar-refractivity contribution in [2.45, 2.75) is 33.2 Å². The first kappa shape index (κ1) is 21.9. The summed E-state index contributed by atoms with van der Waals surface area (Å²) >= 11 is 0. The Balaban J connectivity index is 1.87. The second-order valence-electron chi connectivity index (χ2n) is 6.74. The molecule has 0 aliphatic heterocycles. The van der Waals surface area contributed by atoms with Gasteiger partial charge in [0.1, 0.15) is 17.4 Å². The van der Waals surface area contributed by atoms with Crippen molar-refractivity contribution in [3.63, 3.8) is 0 Å². The number of nitrogens with one attached hydrogen (secondary N) is 2. The summed E-state index contributed by atoms with van der Waals surface area (Å²) in [6.07, 6.45) is 0.586. The SMILES string of the molecule is CC[C@@H](C)[C@@H](NC(=O)CNC(=O)COc1ccc2c(C)cc(=O)oc2c1)C(=O)O. The van der Waals surface area contributed by atoms with Gasteiger partial charge >= 0.3 is 11.6 Å². The van der Waals surface area contributed by atoms with Crippen molar-refractivity contribution in [2.75, 3.05) is 13.2 Å². The fraction of sp³-hybridized carbons (Fsp3) is 0.400. The Bertz CT molecular complexity index is 967. The van der Waals surface area contributed by atoms with Gasteiger partial charge < -0.3 is 24.9 Å². The maximum atomic E-state index is 11.9. The van der Waals surface area contributed by atoms with Gasteiger partial charge in [-0.1, -0.05) is 20.3 Å². The van der Waals surface area contributed by atoms with E-state index < -0.39 is 29.5 Å². The summed E-state index contributed by atoms with van der Waals surface area (Å²) in [6, 6.07) is 5.23. The maximum absolute atomic E-state index is 11.9. The summed E-state index contributed by atoms with van der Waals surface area (Å²) in [5.74, 6) is -2.20. The van der Waals surface area contributed by atoms with Crippen molar-refractivity contribution in [3.05, 3.63) is 40.2 Å². The van der Waals surface area contributed by atoms with Crippen LogP contribution in [-0.2, 0) is 14.4 Å². The third-order valence-electron chi connectivity index (χ3n) is 4.53. The van der Waals surface area contributed by atoms with Gasteiger partial charge in [-0.25, -0.2) is 9.59 Å². The van der Waals surface area contributed by atoms with E-state index in [0.29, 0.717) is 17.8 Å². The van der Waals surface area contributed by atoms with Crippen LogP contribution in [0.25, 0.3) is 11.0 Å². The van der Waals surface area contributed by atoms with Gasteiger partial charge in [0, 0.05) is 17.5 Å². The van der Waals surface area contributed by atoms with Crippen LogP contribution in [0.3, 0.4) is 0 Å². The third kappa shape index (κ3) is 6.06. The number of rotatable bonds is 9. The van der Waals surface area contributed by atoms with Crippen molar-refractivity contribution in [3.8, 4) is 5.75 Å². The zero-order chi connectivity index (χ0) is 21.6. The minimum atomic E-state index is -1.12. The summed E-state index contributed by atoms with van der Waals surface area (Å²) in [7, 11) is 0. The molecule has 0 saturated carbocycles. The molecule has 9 heteroatoms. The molecule has 2 rings (SSSR count). The van der Waals surface area contributed by atoms with E-state index >= 15 is 0 Å². The molecule has 156 valence electrons. The molecule has 1 aromatic heterocycles. The lowest BCUT2D eigenvalue weighted by Crippen LogP contribution is -2.48. The molecule has 0 aliphatic rings. The highest BCUT2D eigenvalue weighted by Gasteiger charge is 2.25. The molecule has 9 nitrogen and oxygen atoms in total. The normalized spacial score (nSPS) is 12.8. The topological polar surface area (TPSA) is 135 Å². The van der Waals surface area contributed by atoms with E-state index in [4.69, 9.17) is 9.15 Å². The fourth-order valence-corrected chi connectivity index (χ4v) is 2.68. The molecule has 0 aliphatic carbocycles. The molecule has 3 N–H and O–H groups in total. The van der Waals surface area contributed by atoms with E-state index in [2.05, 4.69) is 10.6 Å². The van der Waals surface area contributed by atoms with Gasteiger partial charge in [-0.3, -0.25) is 9.59 Å². The number of fused-ring (bicyclic) bond motifs is 1. The summed E-state index contributed by atoms with van der Waals surface area (Å²) in [4.78, 5) is 46.5. The van der Waals surface area contributed by atoms with E-state index in [-0.39, 0.29) is 19.1 Å². The lowest BCUT2D eigenvalue weighted by atomic mass is 9.99. The Morgan fingerprint density at radius 3 is 2.59 bits per heavy atom. The molecular weight excluding hydrogens is 380 g/mol. The first-order chi connectivity index (χ1) is 13.7. The van der Waals surface area contributed by atoms with Crippen LogP contribution in [0.4, 0.5) is 0 Å². The summed E-state index contributed by atoms with van der Waals surface area (Å²) in [5, 5.41) is 14.7. The number of hydrogen-bond acceptors (Lipinski definition) is 6. The van der Waals surface area contributed by atoms with E-state index in [1.165, 1.54) is 12.1 Å². The van der Waals surface area contributed by atoms with Crippen LogP contribution in [0.15, 0.2) is 33.5 Å². The van der Waals surface area contributed by atoms with Crippen LogP contribution < -0.4 is 21.0 Å². The predicted molar refractivity (Wildman–Crippen MR) is 105 cm³/mol. The Labute approximate surface area is 167 Å². The van der Waals surface area contributed by atoms with E-state index in [9.17, 15) is 24.3 Å². The number of carbonyl (C=O) groups excluding carboxylic acids is 2. The number of hydrogen-bond donors (Lipinski definition) is 3. The van der Waals surface area contributed by atoms with Gasteiger partial charge in [0.15, 0.2) is 6.61 Å². The summed E-state index contributed by atoms with van der Waals surface area (Å²) < 4.78 is 10.5. The van der Waals surface area contributed by atoms with E-state index in [0.717, 1.165) is 10.9 Å². The largest absolute Gasteiger partial charge is 0.484 e. The number of ether oxygens (including phenoxy) is 1. The minimum absolute atomic E-state index is 0.243. The highest BCUT2D eigenvalue weighted by Crippen LogP contribution is 2.22. The summed E-state index contributed by atoms with van der Waals surface area (Å²) in [6.45, 7) is 4.61. The Kier molecular flexibility index (Phi) is 7.35. The average Bonchev–Trinajstić information content (AvgIpc) is 2.67. The third-order valence-corrected chi connectivity index (χ3v) is 4.53. The monoisotopic (exact) mass is 404 g/mol. The van der Waals surface area contributed by atoms with Gasteiger partial charge in [-0.2, -0.15) is 0 Å². The van der Waals surface area contributed by atoms with Crippen LogP contribution >= 0.6 is 0 Å². The molecule has 1 heterocycles. The van der Waals surface area contributed by atoms with Crippen molar-refractivity contribution in [2.24, 2.45) is 5.92 Å². The number of carbonyl (C=O) groups is 3. The molecular formula is C20H24N2O7. The Morgan fingerprint density at radius 2 is 1.93 bits per heavy atom. The molecule has 2 amide bonds. The van der Waals surface area contributed by atoms with Gasteiger partial charge in [0.05, 0.1) is 6.54 Å². The van der Waals surface area contributed by atoms with E-state index in [1.807, 2.05) is 6.92 Å². The zero-order valence-electron chi connectivity index (χ0n) is 16.5. The smallest absolute Gasteiger partial charge is 0.336 e. The predicted octanol–water partition coefficient (Wildman–Crippen LogP) is 1.21. The van der Waals surface area contributed by atoms with Crippen molar-refractivity contribution < 1.29 is 28.6 Å². The zero-order valence-corrected chi connectivity index (χ0v) is 16.5. The number of amides is 2. The lowest BCUT2D eigenvalue weighted by Gasteiger charge is -2.20. The number of carboxylic acid groups (broad SMARTS) is 1. The second kappa shape index (κ2) is 9.72. The molecule has 0 fully saturated rings. The first-order valence-corrected chi connectivity index (χ1v) is 9.17. The van der Waals surface area contributed by atoms with Crippen molar-refractivity contribution in [1.29, 1.82) is 0 Å². The molecule has 0 saturated heterocycles. The summed E-state index contributed by atoms with van der Waals surface area (Å²) in [5.41, 5.74) is 0.633. The quantitative estimate of drug-likeness (QED) is 0.535. The molecule has 0 radical (unpaired) electrons. The number of aryl methyl sites for hydroxylation is 1. The number of carboxylic acids is 1. The highest BCUT2D eigenvalue weighted by atomic mass is 16.5. The van der Waals surface area contributed by atoms with Crippen molar-refractivity contribution in [1.82, 2.24) is 10.6 Å². The maximum Gasteiger partial charge on any atom is 0.336 e. The van der Waals surface area contributed by atoms with Gasteiger partial charge in [0.2, 0.25) is 5.91 Å². The molecule has 2 atom stereocenters. The van der Waals surface area contributed by atoms with E-state index in [1.54, 1.807) is 26.0 Å². The number of aliphatic carboxylic acids is 1. The Hall–Kier alpha value is -3.36. The average molecular weight is 404 g/mol. The van der Waals surface area contributed by atoms with Gasteiger partial charge in [-0.15, -0.1) is 0 Å². The standard InChI is InChI=1S/C20H24N2O7/c1-4-11(2)19(20(26)27)22-16(23)9-21-17(24)10-28-13-5-6-14-12(3)7-18(25)29-15(14)8-13/h5-8,11,19H,4,9-10H2,1-3H3,(H,21,24)(H,22,23)(H,26,27)/t11-,19-/m1/s1. The lowest BCUT2D eigenvalue weighted by molar-refractivity contribution is -0.143. The molecule has 0 unspecified atom stereocenters. The molecule has 29 heavy (non-hydrogen) atoms. The molecule has 0 bridgehead atoms. The molecule has 1 aromatic carbocycles. The van der Waals surface area contributed by atoms with Crippen LogP contribution in [0.5, 0.6) is 5.75 Å². The Morgan fingerprint density at radius 1 is 1.21 bits per heavy atom. The van der Waals surface area contributed by atoms with Crippen LogP contribution in [0.1, 0.15) is 25.8 Å². The van der Waals surface area contributed by atoms with Crippen LogP contribution in [0.2, 0.25) is 0 Å². The van der Waals surface area contributed by atoms with Crippen LogP contribution in [0, 0.1) is 12.8 Å². The van der Waals surface area contributed by atoms with Crippen LogP contribution in [-0.4, -0.2) is 42.1 Å². The second-order valence-corrected chi connectivity index (χ2v) is 6.74.